The lowest BCUT2D eigenvalue weighted by molar-refractivity contribution is 0.187. The Morgan fingerprint density at radius 1 is 1.05 bits per heavy atom. The first-order chi connectivity index (χ1) is 9.36. The van der Waals surface area contributed by atoms with E-state index in [4.69, 9.17) is 0 Å². The average Bonchev–Trinajstić information content (AvgIpc) is 2.49. The van der Waals surface area contributed by atoms with Crippen molar-refractivity contribution in [1.29, 1.82) is 0 Å². The molecule has 1 fully saturated rings. The second-order valence-electron chi connectivity index (χ2n) is 5.02. The predicted octanol–water partition coefficient (Wildman–Crippen LogP) is 4.51. The summed E-state index contributed by atoms with van der Waals surface area (Å²) in [4.78, 5) is 2.57. The summed E-state index contributed by atoms with van der Waals surface area (Å²) in [5.41, 5.74) is 2.58. The minimum Gasteiger partial charge on any atom is -0.292 e. The van der Waals surface area contributed by atoms with Gasteiger partial charge in [0.1, 0.15) is 0 Å². The zero-order valence-electron chi connectivity index (χ0n) is 11.6. The number of hydrogen-bond acceptors (Lipinski definition) is 1. The second-order valence-corrected chi connectivity index (χ2v) is 5.02. The molecule has 0 aromatic heterocycles. The van der Waals surface area contributed by atoms with Crippen LogP contribution in [0.5, 0.6) is 0 Å². The first-order valence-corrected chi connectivity index (χ1v) is 7.11. The van der Waals surface area contributed by atoms with Crippen molar-refractivity contribution in [3.63, 3.8) is 0 Å². The summed E-state index contributed by atoms with van der Waals surface area (Å²) in [6.45, 7) is 10.1. The van der Waals surface area contributed by atoms with E-state index in [2.05, 4.69) is 54.5 Å². The molecule has 1 nitrogen and oxygen atoms in total. The van der Waals surface area contributed by atoms with Crippen LogP contribution in [0.25, 0.3) is 0 Å². The molecule has 19 heavy (non-hydrogen) atoms. The lowest BCUT2D eigenvalue weighted by Gasteiger charge is -2.35. The van der Waals surface area contributed by atoms with Gasteiger partial charge in [0, 0.05) is 0 Å². The normalized spacial score (nSPS) is 18.8. The van der Waals surface area contributed by atoms with Gasteiger partial charge in [-0.2, -0.15) is 0 Å². The van der Waals surface area contributed by atoms with E-state index in [0.717, 1.165) is 0 Å². The molecular weight excluding hydrogens is 230 g/mol. The molecule has 0 N–H and O–H groups in total. The Hall–Kier alpha value is -1.60. The highest BCUT2D eigenvalue weighted by atomic mass is 15.2. The van der Waals surface area contributed by atoms with Crippen molar-refractivity contribution in [3.8, 4) is 0 Å². The van der Waals surface area contributed by atoms with Gasteiger partial charge in [0.2, 0.25) is 0 Å². The monoisotopic (exact) mass is 253 g/mol. The predicted molar refractivity (Wildman–Crippen MR) is 83.1 cm³/mol. The van der Waals surface area contributed by atoms with Crippen LogP contribution in [0, 0.1) is 0 Å². The minimum absolute atomic E-state index is 0.317. The molecule has 1 atom stereocenters. The average molecular weight is 253 g/mol. The molecule has 1 aliphatic heterocycles. The van der Waals surface area contributed by atoms with E-state index in [1.165, 1.54) is 43.5 Å². The fourth-order valence-electron chi connectivity index (χ4n) is 2.83. The Labute approximate surface area is 116 Å². The van der Waals surface area contributed by atoms with Crippen LogP contribution in [0.2, 0.25) is 0 Å². The number of piperidine rings is 1. The van der Waals surface area contributed by atoms with Crippen LogP contribution in [0.4, 0.5) is 0 Å². The fourth-order valence-corrected chi connectivity index (χ4v) is 2.83. The lowest BCUT2D eigenvalue weighted by Crippen LogP contribution is -2.34. The van der Waals surface area contributed by atoms with Crippen molar-refractivity contribution in [1.82, 2.24) is 4.90 Å². The SMILES string of the molecule is C=C/C=C(\C=C)C(c1ccccc1)N1CCCCC1. The molecule has 0 saturated carbocycles. The van der Waals surface area contributed by atoms with Crippen molar-refractivity contribution in [2.24, 2.45) is 0 Å². The van der Waals surface area contributed by atoms with Crippen molar-refractivity contribution in [3.05, 3.63) is 72.9 Å². The number of benzene rings is 1. The van der Waals surface area contributed by atoms with E-state index in [1.54, 1.807) is 0 Å². The Kier molecular flexibility index (Phi) is 5.17. The molecule has 1 heteroatoms. The summed E-state index contributed by atoms with van der Waals surface area (Å²) >= 11 is 0. The molecule has 1 saturated heterocycles. The maximum atomic E-state index is 3.98. The van der Waals surface area contributed by atoms with E-state index in [-0.39, 0.29) is 0 Å². The highest BCUT2D eigenvalue weighted by Crippen LogP contribution is 2.31. The largest absolute Gasteiger partial charge is 0.292 e. The van der Waals surface area contributed by atoms with Gasteiger partial charge in [-0.25, -0.2) is 0 Å². The van der Waals surface area contributed by atoms with Gasteiger partial charge >= 0.3 is 0 Å². The molecule has 100 valence electrons. The molecule has 1 aliphatic rings. The van der Waals surface area contributed by atoms with Gasteiger partial charge in [0.25, 0.3) is 0 Å². The van der Waals surface area contributed by atoms with E-state index >= 15 is 0 Å². The quantitative estimate of drug-likeness (QED) is 0.698. The topological polar surface area (TPSA) is 3.24 Å². The Balaban J connectivity index is 2.34. The van der Waals surface area contributed by atoms with Gasteiger partial charge in [0.05, 0.1) is 6.04 Å². The molecule has 0 amide bonds. The standard InChI is InChI=1S/C18H23N/c1-3-11-16(4-2)18(17-12-7-5-8-13-17)19-14-9-6-10-15-19/h3-5,7-8,11-13,18H,1-2,6,9-10,14-15H2/b16-11+. The molecule has 0 aliphatic carbocycles. The Bertz CT molecular complexity index is 438. The third-order valence-electron chi connectivity index (χ3n) is 3.73. The van der Waals surface area contributed by atoms with Gasteiger partial charge in [-0.05, 0) is 37.1 Å². The summed E-state index contributed by atoms with van der Waals surface area (Å²) in [5, 5.41) is 0. The zero-order chi connectivity index (χ0) is 13.5. The lowest BCUT2D eigenvalue weighted by atomic mass is 9.94. The Morgan fingerprint density at radius 3 is 2.32 bits per heavy atom. The van der Waals surface area contributed by atoms with Crippen LogP contribution in [0.15, 0.2) is 67.3 Å². The van der Waals surface area contributed by atoms with Gasteiger partial charge in [0.15, 0.2) is 0 Å². The summed E-state index contributed by atoms with van der Waals surface area (Å²) < 4.78 is 0. The van der Waals surface area contributed by atoms with E-state index in [0.29, 0.717) is 6.04 Å². The van der Waals surface area contributed by atoms with Crippen molar-refractivity contribution in [2.75, 3.05) is 13.1 Å². The van der Waals surface area contributed by atoms with E-state index in [1.807, 2.05) is 12.2 Å². The Morgan fingerprint density at radius 2 is 1.74 bits per heavy atom. The molecule has 1 aromatic carbocycles. The van der Waals surface area contributed by atoms with Crippen LogP contribution in [0.3, 0.4) is 0 Å². The molecule has 0 radical (unpaired) electrons. The minimum atomic E-state index is 0.317. The third kappa shape index (κ3) is 3.45. The van der Waals surface area contributed by atoms with Crippen molar-refractivity contribution < 1.29 is 0 Å². The van der Waals surface area contributed by atoms with Crippen LogP contribution >= 0.6 is 0 Å². The van der Waals surface area contributed by atoms with Gasteiger partial charge in [-0.15, -0.1) is 0 Å². The van der Waals surface area contributed by atoms with Crippen molar-refractivity contribution >= 4 is 0 Å². The molecule has 0 spiro atoms. The smallest absolute Gasteiger partial charge is 0.0601 e. The maximum Gasteiger partial charge on any atom is 0.0601 e. The number of hydrogen-bond donors (Lipinski definition) is 0. The van der Waals surface area contributed by atoms with Gasteiger partial charge in [-0.1, -0.05) is 68.1 Å². The molecule has 1 aromatic rings. The van der Waals surface area contributed by atoms with Crippen LogP contribution in [-0.4, -0.2) is 18.0 Å². The van der Waals surface area contributed by atoms with E-state index < -0.39 is 0 Å². The van der Waals surface area contributed by atoms with Crippen LogP contribution in [0.1, 0.15) is 30.9 Å². The molecule has 1 heterocycles. The number of allylic oxidation sites excluding steroid dienone is 2. The fraction of sp³-hybridized carbons (Fsp3) is 0.333. The second kappa shape index (κ2) is 7.10. The van der Waals surface area contributed by atoms with Gasteiger partial charge in [-0.3, -0.25) is 4.90 Å². The third-order valence-corrected chi connectivity index (χ3v) is 3.73. The molecule has 0 bridgehead atoms. The van der Waals surface area contributed by atoms with Gasteiger partial charge < -0.3 is 0 Å². The van der Waals surface area contributed by atoms with Crippen LogP contribution in [-0.2, 0) is 0 Å². The first-order valence-electron chi connectivity index (χ1n) is 7.11. The zero-order valence-corrected chi connectivity index (χ0v) is 11.6. The van der Waals surface area contributed by atoms with Crippen molar-refractivity contribution in [2.45, 2.75) is 25.3 Å². The summed E-state index contributed by atoms with van der Waals surface area (Å²) in [6, 6.07) is 11.0. The highest BCUT2D eigenvalue weighted by Gasteiger charge is 2.23. The van der Waals surface area contributed by atoms with E-state index in [9.17, 15) is 0 Å². The first kappa shape index (κ1) is 13.8. The number of likely N-dealkylation sites (tertiary alicyclic amines) is 1. The maximum absolute atomic E-state index is 3.98. The summed E-state index contributed by atoms with van der Waals surface area (Å²) in [6.07, 6.45) is 9.85. The van der Waals surface area contributed by atoms with Crippen LogP contribution < -0.4 is 0 Å². The molecule has 1 unspecified atom stereocenters. The number of rotatable bonds is 5. The summed E-state index contributed by atoms with van der Waals surface area (Å²) in [5.74, 6) is 0. The summed E-state index contributed by atoms with van der Waals surface area (Å²) in [7, 11) is 0. The molecule has 2 rings (SSSR count). The number of nitrogens with zero attached hydrogens (tertiary/aromatic N) is 1. The highest BCUT2D eigenvalue weighted by molar-refractivity contribution is 5.35. The molecular formula is C18H23N.